The first-order valence-corrected chi connectivity index (χ1v) is 10.8. The van der Waals surface area contributed by atoms with Gasteiger partial charge in [0.2, 0.25) is 5.91 Å². The number of rotatable bonds is 7. The Hall–Kier alpha value is -2.86. The second-order valence-electron chi connectivity index (χ2n) is 7.30. The van der Waals surface area contributed by atoms with E-state index in [0.29, 0.717) is 6.54 Å². The van der Waals surface area contributed by atoms with Crippen molar-refractivity contribution in [1.29, 1.82) is 0 Å². The molecule has 29 heavy (non-hydrogen) atoms. The van der Waals surface area contributed by atoms with Crippen LogP contribution in [0.1, 0.15) is 52.7 Å². The Morgan fingerprint density at radius 2 is 1.86 bits per heavy atom. The molecule has 0 aliphatic heterocycles. The molecule has 0 radical (unpaired) electrons. The molecule has 0 bridgehead atoms. The molecular weight excluding hydrogens is 384 g/mol. The van der Waals surface area contributed by atoms with Crippen molar-refractivity contribution < 1.29 is 14.0 Å². The predicted molar refractivity (Wildman–Crippen MR) is 112 cm³/mol. The number of furan rings is 1. The fourth-order valence-electron chi connectivity index (χ4n) is 3.82. The standard InChI is InChI=1S/C23H24N2O3S/c26-22(24-18-10-4-5-11-18)21(20-13-7-15-29-20)25(16-17-8-2-1-3-9-17)23(27)19-12-6-14-28-19/h1-3,6-9,12-15,18,21H,4-5,10-11,16H2,(H,24,26). The zero-order valence-corrected chi connectivity index (χ0v) is 16.9. The number of hydrogen-bond acceptors (Lipinski definition) is 4. The molecule has 0 spiro atoms. The van der Waals surface area contributed by atoms with E-state index in [4.69, 9.17) is 4.42 Å². The first-order valence-electron chi connectivity index (χ1n) is 9.94. The number of amides is 2. The summed E-state index contributed by atoms with van der Waals surface area (Å²) >= 11 is 1.49. The van der Waals surface area contributed by atoms with E-state index in [1.165, 1.54) is 17.6 Å². The van der Waals surface area contributed by atoms with Crippen LogP contribution in [-0.2, 0) is 11.3 Å². The lowest BCUT2D eigenvalue weighted by Gasteiger charge is -2.31. The summed E-state index contributed by atoms with van der Waals surface area (Å²) in [5, 5.41) is 5.11. The molecule has 1 aliphatic carbocycles. The maximum atomic E-state index is 13.4. The molecule has 2 amide bonds. The third kappa shape index (κ3) is 4.59. The van der Waals surface area contributed by atoms with Crippen molar-refractivity contribution >= 4 is 23.2 Å². The zero-order chi connectivity index (χ0) is 20.1. The first kappa shape index (κ1) is 19.5. The van der Waals surface area contributed by atoms with E-state index in [9.17, 15) is 9.59 Å². The third-order valence-electron chi connectivity index (χ3n) is 5.26. The Labute approximate surface area is 174 Å². The normalized spacial score (nSPS) is 15.2. The minimum atomic E-state index is -0.701. The summed E-state index contributed by atoms with van der Waals surface area (Å²) < 4.78 is 5.38. The highest BCUT2D eigenvalue weighted by atomic mass is 32.1. The quantitative estimate of drug-likeness (QED) is 0.612. The van der Waals surface area contributed by atoms with Crippen LogP contribution in [0.5, 0.6) is 0 Å². The number of nitrogens with zero attached hydrogens (tertiary/aromatic N) is 1. The minimum absolute atomic E-state index is 0.129. The van der Waals surface area contributed by atoms with Crippen molar-refractivity contribution in [1.82, 2.24) is 10.2 Å². The zero-order valence-electron chi connectivity index (χ0n) is 16.1. The topological polar surface area (TPSA) is 62.6 Å². The molecule has 1 N–H and O–H groups in total. The van der Waals surface area contributed by atoms with Crippen LogP contribution in [-0.4, -0.2) is 22.8 Å². The van der Waals surface area contributed by atoms with Crippen LogP contribution in [0.15, 0.2) is 70.7 Å². The van der Waals surface area contributed by atoms with Crippen molar-refractivity contribution in [2.45, 2.75) is 44.3 Å². The molecule has 1 aromatic carbocycles. The van der Waals surface area contributed by atoms with Crippen molar-refractivity contribution in [2.75, 3.05) is 0 Å². The van der Waals surface area contributed by atoms with Gasteiger partial charge in [0.05, 0.1) is 6.26 Å². The highest BCUT2D eigenvalue weighted by Gasteiger charge is 2.35. The summed E-state index contributed by atoms with van der Waals surface area (Å²) in [7, 11) is 0. The van der Waals surface area contributed by atoms with E-state index in [-0.39, 0.29) is 23.6 Å². The average molecular weight is 409 g/mol. The lowest BCUT2D eigenvalue weighted by Crippen LogP contribution is -2.45. The van der Waals surface area contributed by atoms with E-state index in [0.717, 1.165) is 36.1 Å². The molecule has 5 nitrogen and oxygen atoms in total. The van der Waals surface area contributed by atoms with Gasteiger partial charge in [0.1, 0.15) is 6.04 Å². The van der Waals surface area contributed by atoms with Gasteiger partial charge in [-0.25, -0.2) is 0 Å². The van der Waals surface area contributed by atoms with Crippen molar-refractivity contribution in [3.05, 3.63) is 82.4 Å². The summed E-state index contributed by atoms with van der Waals surface area (Å²) in [5.74, 6) is -0.190. The van der Waals surface area contributed by atoms with Gasteiger partial charge in [-0.15, -0.1) is 11.3 Å². The molecule has 3 aromatic rings. The third-order valence-corrected chi connectivity index (χ3v) is 6.19. The van der Waals surface area contributed by atoms with E-state index in [2.05, 4.69) is 5.32 Å². The molecule has 0 saturated heterocycles. The number of benzene rings is 1. The van der Waals surface area contributed by atoms with Gasteiger partial charge in [-0.2, -0.15) is 0 Å². The molecule has 2 heterocycles. The Balaban J connectivity index is 1.68. The molecule has 1 atom stereocenters. The summed E-state index contributed by atoms with van der Waals surface area (Å²) in [6.07, 6.45) is 5.73. The molecular formula is C23H24N2O3S. The fraction of sp³-hybridized carbons (Fsp3) is 0.304. The number of carbonyl (C=O) groups is 2. The fourth-order valence-corrected chi connectivity index (χ4v) is 4.66. The SMILES string of the molecule is O=C(NC1CCCC1)C(c1cccs1)N(Cc1ccccc1)C(=O)c1ccco1. The Bertz CT molecular complexity index is 916. The molecule has 1 saturated carbocycles. The van der Waals surface area contributed by atoms with Crippen LogP contribution in [0.4, 0.5) is 0 Å². The van der Waals surface area contributed by atoms with Crippen LogP contribution < -0.4 is 5.32 Å². The van der Waals surface area contributed by atoms with Gasteiger partial charge >= 0.3 is 0 Å². The van der Waals surface area contributed by atoms with Gasteiger partial charge in [0.15, 0.2) is 5.76 Å². The van der Waals surface area contributed by atoms with E-state index >= 15 is 0 Å². The van der Waals surface area contributed by atoms with Crippen molar-refractivity contribution in [3.8, 4) is 0 Å². The largest absolute Gasteiger partial charge is 0.459 e. The van der Waals surface area contributed by atoms with E-state index < -0.39 is 6.04 Å². The van der Waals surface area contributed by atoms with E-state index in [1.54, 1.807) is 17.0 Å². The number of carbonyl (C=O) groups excluding carboxylic acids is 2. The van der Waals surface area contributed by atoms with Gasteiger partial charge in [0.25, 0.3) is 5.91 Å². The average Bonchev–Trinajstić information content (AvgIpc) is 3.51. The van der Waals surface area contributed by atoms with Crippen molar-refractivity contribution in [3.63, 3.8) is 0 Å². The van der Waals surface area contributed by atoms with Gasteiger partial charge in [-0.1, -0.05) is 49.2 Å². The van der Waals surface area contributed by atoms with Crippen LogP contribution >= 0.6 is 11.3 Å². The van der Waals surface area contributed by atoms with Crippen LogP contribution in [0, 0.1) is 0 Å². The molecule has 1 unspecified atom stereocenters. The van der Waals surface area contributed by atoms with Gasteiger partial charge in [0, 0.05) is 17.5 Å². The molecule has 150 valence electrons. The monoisotopic (exact) mass is 408 g/mol. The van der Waals surface area contributed by atoms with Crippen LogP contribution in [0.3, 0.4) is 0 Å². The second kappa shape index (κ2) is 9.09. The number of hydrogen-bond donors (Lipinski definition) is 1. The van der Waals surface area contributed by atoms with Gasteiger partial charge < -0.3 is 14.6 Å². The molecule has 1 aliphatic rings. The van der Waals surface area contributed by atoms with Gasteiger partial charge in [-0.3, -0.25) is 9.59 Å². The lowest BCUT2D eigenvalue weighted by molar-refractivity contribution is -0.126. The van der Waals surface area contributed by atoms with Crippen LogP contribution in [0.2, 0.25) is 0 Å². The van der Waals surface area contributed by atoms with Crippen LogP contribution in [0.25, 0.3) is 0 Å². The summed E-state index contributed by atoms with van der Waals surface area (Å²) in [6, 6.07) is 16.4. The summed E-state index contributed by atoms with van der Waals surface area (Å²) in [4.78, 5) is 29.2. The highest BCUT2D eigenvalue weighted by Crippen LogP contribution is 2.30. The van der Waals surface area contributed by atoms with E-state index in [1.807, 2.05) is 47.8 Å². The smallest absolute Gasteiger partial charge is 0.290 e. The lowest BCUT2D eigenvalue weighted by atomic mass is 10.1. The Kier molecular flexibility index (Phi) is 6.10. The second-order valence-corrected chi connectivity index (χ2v) is 8.28. The molecule has 1 fully saturated rings. The molecule has 6 heteroatoms. The minimum Gasteiger partial charge on any atom is -0.459 e. The predicted octanol–water partition coefficient (Wildman–Crippen LogP) is 4.78. The maximum Gasteiger partial charge on any atom is 0.290 e. The number of thiophene rings is 1. The summed E-state index contributed by atoms with van der Waals surface area (Å²) in [5.41, 5.74) is 0.961. The molecule has 2 aromatic heterocycles. The number of nitrogens with one attached hydrogen (secondary N) is 1. The maximum absolute atomic E-state index is 13.4. The summed E-state index contributed by atoms with van der Waals surface area (Å²) in [6.45, 7) is 0.320. The first-order chi connectivity index (χ1) is 14.2. The highest BCUT2D eigenvalue weighted by molar-refractivity contribution is 7.10. The Morgan fingerprint density at radius 3 is 2.52 bits per heavy atom. The van der Waals surface area contributed by atoms with Gasteiger partial charge in [-0.05, 0) is 42.0 Å². The van der Waals surface area contributed by atoms with Crippen molar-refractivity contribution in [2.24, 2.45) is 0 Å². The Morgan fingerprint density at radius 1 is 1.07 bits per heavy atom. The molecule has 4 rings (SSSR count).